The lowest BCUT2D eigenvalue weighted by molar-refractivity contribution is -0.140. The molecular formula is C27H28Cl3N3O4S. The molecule has 0 unspecified atom stereocenters. The Hall–Kier alpha value is -2.78. The van der Waals surface area contributed by atoms with Gasteiger partial charge in [0.2, 0.25) is 11.8 Å². The lowest BCUT2D eigenvalue weighted by Gasteiger charge is -2.33. The minimum atomic E-state index is -4.20. The van der Waals surface area contributed by atoms with E-state index in [4.69, 9.17) is 34.8 Å². The van der Waals surface area contributed by atoms with E-state index in [0.717, 1.165) is 9.87 Å². The predicted octanol–water partition coefficient (Wildman–Crippen LogP) is 5.70. The van der Waals surface area contributed by atoms with Crippen LogP contribution in [0.3, 0.4) is 0 Å². The number of carbonyl (C=O) groups excluding carboxylic acids is 2. The number of nitrogens with zero attached hydrogens (tertiary/aromatic N) is 2. The van der Waals surface area contributed by atoms with Gasteiger partial charge >= 0.3 is 0 Å². The van der Waals surface area contributed by atoms with Crippen LogP contribution in [0.5, 0.6) is 0 Å². The number of halogens is 3. The molecule has 3 rings (SSSR count). The van der Waals surface area contributed by atoms with E-state index in [1.807, 2.05) is 6.92 Å². The number of likely N-dealkylation sites (N-methyl/N-ethyl adjacent to an activating group) is 1. The van der Waals surface area contributed by atoms with Gasteiger partial charge in [0.25, 0.3) is 10.0 Å². The second-order valence-corrected chi connectivity index (χ2v) is 11.7. The van der Waals surface area contributed by atoms with E-state index >= 15 is 0 Å². The van der Waals surface area contributed by atoms with Gasteiger partial charge in [-0.15, -0.1) is 0 Å². The molecule has 0 bridgehead atoms. The fourth-order valence-electron chi connectivity index (χ4n) is 3.93. The first-order valence-corrected chi connectivity index (χ1v) is 14.4. The number of anilines is 1. The average molecular weight is 597 g/mol. The third kappa shape index (κ3) is 6.80. The maximum Gasteiger partial charge on any atom is 0.264 e. The summed E-state index contributed by atoms with van der Waals surface area (Å²) in [6, 6.07) is 16.7. The highest BCUT2D eigenvalue weighted by atomic mass is 35.5. The Kier molecular flexibility index (Phi) is 10.1. The van der Waals surface area contributed by atoms with Crippen molar-refractivity contribution in [1.82, 2.24) is 10.2 Å². The van der Waals surface area contributed by atoms with Crippen LogP contribution in [-0.2, 0) is 26.2 Å². The number of hydrogen-bond donors (Lipinski definition) is 1. The summed E-state index contributed by atoms with van der Waals surface area (Å²) in [6.07, 6.45) is 0.295. The van der Waals surface area contributed by atoms with Gasteiger partial charge in [0.1, 0.15) is 12.6 Å². The normalized spacial score (nSPS) is 12.1. The van der Waals surface area contributed by atoms with Crippen LogP contribution < -0.4 is 9.62 Å². The second-order valence-electron chi connectivity index (χ2n) is 8.58. The van der Waals surface area contributed by atoms with Crippen LogP contribution in [0.25, 0.3) is 0 Å². The maximum absolute atomic E-state index is 13.9. The third-order valence-electron chi connectivity index (χ3n) is 5.98. The molecule has 0 spiro atoms. The summed E-state index contributed by atoms with van der Waals surface area (Å²) in [4.78, 5) is 28.0. The van der Waals surface area contributed by atoms with Gasteiger partial charge in [-0.3, -0.25) is 13.9 Å². The highest BCUT2D eigenvalue weighted by molar-refractivity contribution is 7.92. The zero-order chi connectivity index (χ0) is 28.0. The van der Waals surface area contributed by atoms with E-state index in [-0.39, 0.29) is 28.1 Å². The SMILES string of the molecule is CC[C@@H](C(=O)NC)N(Cc1ccc(Cl)c(Cl)c1)C(=O)CN(c1ccccc1Cl)S(=O)(=O)c1ccc(C)cc1. The number of amides is 2. The molecule has 0 aliphatic heterocycles. The van der Waals surface area contributed by atoms with Gasteiger partial charge in [-0.2, -0.15) is 0 Å². The van der Waals surface area contributed by atoms with Gasteiger partial charge in [0.15, 0.2) is 0 Å². The number of sulfonamides is 1. The summed E-state index contributed by atoms with van der Waals surface area (Å²) in [5.41, 5.74) is 1.65. The van der Waals surface area contributed by atoms with Gasteiger partial charge in [-0.1, -0.05) is 77.6 Å². The fraction of sp³-hybridized carbons (Fsp3) is 0.259. The molecule has 38 heavy (non-hydrogen) atoms. The highest BCUT2D eigenvalue weighted by Gasteiger charge is 2.34. The zero-order valence-electron chi connectivity index (χ0n) is 21.1. The van der Waals surface area contributed by atoms with Crippen LogP contribution in [-0.4, -0.2) is 44.8 Å². The summed E-state index contributed by atoms with van der Waals surface area (Å²) < 4.78 is 28.6. The summed E-state index contributed by atoms with van der Waals surface area (Å²) in [5.74, 6) is -0.978. The van der Waals surface area contributed by atoms with Crippen LogP contribution in [0.1, 0.15) is 24.5 Å². The minimum absolute atomic E-state index is 0.00257. The van der Waals surface area contributed by atoms with Crippen LogP contribution in [0.4, 0.5) is 5.69 Å². The smallest absolute Gasteiger partial charge is 0.264 e. The number of nitrogens with one attached hydrogen (secondary N) is 1. The van der Waals surface area contributed by atoms with Gasteiger partial charge in [-0.25, -0.2) is 8.42 Å². The monoisotopic (exact) mass is 595 g/mol. The lowest BCUT2D eigenvalue weighted by Crippen LogP contribution is -2.51. The van der Waals surface area contributed by atoms with E-state index in [0.29, 0.717) is 22.0 Å². The molecule has 7 nitrogen and oxygen atoms in total. The van der Waals surface area contributed by atoms with E-state index in [1.165, 1.54) is 30.1 Å². The minimum Gasteiger partial charge on any atom is -0.357 e. The standard InChI is InChI=1S/C27H28Cl3N3O4S/c1-4-24(27(35)31-3)32(16-19-11-14-21(28)23(30)15-19)26(34)17-33(25-8-6-5-7-22(25)29)38(36,37)20-12-9-18(2)10-13-20/h5-15,24H,4,16-17H2,1-3H3,(H,31,35)/t24-/m0/s1. The number of aryl methyl sites for hydroxylation is 1. The van der Waals surface area contributed by atoms with Crippen LogP contribution >= 0.6 is 34.8 Å². The molecule has 0 radical (unpaired) electrons. The highest BCUT2D eigenvalue weighted by Crippen LogP contribution is 2.31. The third-order valence-corrected chi connectivity index (χ3v) is 8.81. The molecule has 0 fully saturated rings. The number of benzene rings is 3. The van der Waals surface area contributed by atoms with Gasteiger partial charge in [0.05, 0.1) is 25.7 Å². The molecule has 3 aromatic rings. The molecule has 2 amide bonds. The molecule has 202 valence electrons. The number of carbonyl (C=O) groups is 2. The Morgan fingerprint density at radius 1 is 0.921 bits per heavy atom. The molecule has 1 N–H and O–H groups in total. The number of para-hydroxylation sites is 1. The summed E-state index contributed by atoms with van der Waals surface area (Å²) in [5, 5.41) is 3.38. The predicted molar refractivity (Wildman–Crippen MR) is 152 cm³/mol. The van der Waals surface area contributed by atoms with Crippen molar-refractivity contribution in [3.8, 4) is 0 Å². The lowest BCUT2D eigenvalue weighted by atomic mass is 10.1. The molecule has 0 aliphatic rings. The molecular weight excluding hydrogens is 569 g/mol. The Morgan fingerprint density at radius 2 is 1.58 bits per heavy atom. The molecule has 11 heteroatoms. The van der Waals surface area contributed by atoms with Crippen molar-refractivity contribution in [2.24, 2.45) is 0 Å². The van der Waals surface area contributed by atoms with Crippen LogP contribution in [0.15, 0.2) is 71.6 Å². The molecule has 0 aromatic heterocycles. The zero-order valence-corrected chi connectivity index (χ0v) is 24.2. The Balaban J connectivity index is 2.08. The van der Waals surface area contributed by atoms with Crippen molar-refractivity contribution in [2.75, 3.05) is 17.9 Å². The topological polar surface area (TPSA) is 86.8 Å². The molecule has 0 aliphatic carbocycles. The van der Waals surface area contributed by atoms with Crippen molar-refractivity contribution in [3.05, 3.63) is 92.9 Å². The quantitative estimate of drug-likeness (QED) is 0.325. The summed E-state index contributed by atoms with van der Waals surface area (Å²) >= 11 is 18.6. The van der Waals surface area contributed by atoms with Crippen LogP contribution in [0.2, 0.25) is 15.1 Å². The van der Waals surface area contributed by atoms with Gasteiger partial charge < -0.3 is 10.2 Å². The molecule has 3 aromatic carbocycles. The number of rotatable bonds is 10. The Labute approximate surface area is 238 Å². The van der Waals surface area contributed by atoms with Crippen molar-refractivity contribution in [1.29, 1.82) is 0 Å². The van der Waals surface area contributed by atoms with E-state index in [2.05, 4.69) is 5.32 Å². The second kappa shape index (κ2) is 12.8. The molecule has 0 saturated heterocycles. The van der Waals surface area contributed by atoms with Crippen molar-refractivity contribution in [3.63, 3.8) is 0 Å². The van der Waals surface area contributed by atoms with E-state index in [9.17, 15) is 18.0 Å². The number of hydrogen-bond acceptors (Lipinski definition) is 4. The Morgan fingerprint density at radius 3 is 2.16 bits per heavy atom. The first-order chi connectivity index (χ1) is 18.0. The van der Waals surface area contributed by atoms with E-state index in [1.54, 1.807) is 55.5 Å². The van der Waals surface area contributed by atoms with E-state index < -0.39 is 28.5 Å². The van der Waals surface area contributed by atoms with Crippen molar-refractivity contribution < 1.29 is 18.0 Å². The maximum atomic E-state index is 13.9. The van der Waals surface area contributed by atoms with Crippen molar-refractivity contribution in [2.45, 2.75) is 37.8 Å². The average Bonchev–Trinajstić information content (AvgIpc) is 2.89. The molecule has 0 saturated carbocycles. The largest absolute Gasteiger partial charge is 0.357 e. The molecule has 1 atom stereocenters. The first-order valence-electron chi connectivity index (χ1n) is 11.8. The summed E-state index contributed by atoms with van der Waals surface area (Å²) in [7, 11) is -2.73. The summed E-state index contributed by atoms with van der Waals surface area (Å²) in [6.45, 7) is 3.03. The van der Waals surface area contributed by atoms with Crippen LogP contribution in [0, 0.1) is 6.92 Å². The van der Waals surface area contributed by atoms with Gasteiger partial charge in [0, 0.05) is 13.6 Å². The Bertz CT molecular complexity index is 1420. The first kappa shape index (κ1) is 29.8. The molecule has 0 heterocycles. The van der Waals surface area contributed by atoms with Crippen molar-refractivity contribution >= 4 is 62.3 Å². The fourth-order valence-corrected chi connectivity index (χ4v) is 5.97. The van der Waals surface area contributed by atoms with Gasteiger partial charge in [-0.05, 0) is 55.3 Å².